The zero-order valence-electron chi connectivity index (χ0n) is 31.2. The SMILES string of the molecule is CC1Cc2ccccc2C1C.CCC(C)c1ccc(O)cc1.CCC(C)c1ccc(OC(OC2CC3CC2C2CCCC32)C(C)C)cc1. The molecule has 0 radical (unpaired) electrons. The fourth-order valence-corrected chi connectivity index (χ4v) is 8.93. The van der Waals surface area contributed by atoms with Crippen LogP contribution in [0.2, 0.25) is 0 Å². The summed E-state index contributed by atoms with van der Waals surface area (Å²) in [5, 5.41) is 9.01. The Morgan fingerprint density at radius 1 is 0.729 bits per heavy atom. The first kappa shape index (κ1) is 36.5. The average Bonchev–Trinajstić information content (AvgIpc) is 3.88. The van der Waals surface area contributed by atoms with Gasteiger partial charge in [-0.25, -0.2) is 0 Å². The molecule has 0 saturated heterocycles. The summed E-state index contributed by atoms with van der Waals surface area (Å²) in [5.41, 5.74) is 5.82. The van der Waals surface area contributed by atoms with Gasteiger partial charge in [-0.2, -0.15) is 0 Å². The van der Waals surface area contributed by atoms with Gasteiger partial charge in [0.25, 0.3) is 0 Å². The van der Waals surface area contributed by atoms with Gasteiger partial charge in [0.05, 0.1) is 6.10 Å². The molecule has 3 heteroatoms. The second-order valence-corrected chi connectivity index (χ2v) is 16.0. The highest BCUT2D eigenvalue weighted by atomic mass is 16.7. The predicted molar refractivity (Wildman–Crippen MR) is 201 cm³/mol. The molecule has 10 atom stereocenters. The maximum atomic E-state index is 9.01. The number of rotatable bonds is 9. The standard InChI is InChI=1S/C24H36O2.C11H14.C10H14O/c1-5-16(4)17-9-11-19(12-10-17)25-24(15(2)3)26-23-14-18-13-22(23)21-8-6-7-20(18)21;1-8-7-10-5-3-4-6-11(10)9(8)2;1-3-8(2)9-4-6-10(11)7-5-9/h9-12,15-16,18,20-24H,5-8,13-14H2,1-4H3;3-6,8-9H,7H2,1-2H3;4-8,11H,3H2,1-2H3. The van der Waals surface area contributed by atoms with E-state index in [0.717, 1.165) is 47.7 Å². The van der Waals surface area contributed by atoms with Gasteiger partial charge in [-0.1, -0.05) is 110 Å². The molecule has 0 heterocycles. The Labute approximate surface area is 292 Å². The molecule has 0 amide bonds. The van der Waals surface area contributed by atoms with E-state index in [2.05, 4.69) is 104 Å². The molecule has 3 nitrogen and oxygen atoms in total. The van der Waals surface area contributed by atoms with Crippen molar-refractivity contribution in [3.05, 3.63) is 95.1 Å². The molecule has 1 N–H and O–H groups in total. The molecule has 4 aliphatic carbocycles. The van der Waals surface area contributed by atoms with E-state index in [1.165, 1.54) is 56.1 Å². The first-order valence-corrected chi connectivity index (χ1v) is 19.4. The van der Waals surface area contributed by atoms with Gasteiger partial charge in [-0.05, 0) is 139 Å². The van der Waals surface area contributed by atoms with Crippen molar-refractivity contribution in [1.82, 2.24) is 0 Å². The third-order valence-electron chi connectivity index (χ3n) is 12.6. The third-order valence-corrected chi connectivity index (χ3v) is 12.6. The second-order valence-electron chi connectivity index (χ2n) is 16.0. The van der Waals surface area contributed by atoms with Crippen LogP contribution in [-0.4, -0.2) is 17.5 Å². The molecule has 3 fully saturated rings. The maximum absolute atomic E-state index is 9.01. The summed E-state index contributed by atoms with van der Waals surface area (Å²) in [4.78, 5) is 0. The first-order chi connectivity index (χ1) is 23.1. The molecule has 48 heavy (non-hydrogen) atoms. The monoisotopic (exact) mass is 652 g/mol. The van der Waals surface area contributed by atoms with E-state index in [4.69, 9.17) is 14.6 Å². The van der Waals surface area contributed by atoms with E-state index in [-0.39, 0.29) is 6.29 Å². The topological polar surface area (TPSA) is 38.7 Å². The van der Waals surface area contributed by atoms with Crippen molar-refractivity contribution in [3.63, 3.8) is 0 Å². The molecule has 3 saturated carbocycles. The highest BCUT2D eigenvalue weighted by molar-refractivity contribution is 5.35. The summed E-state index contributed by atoms with van der Waals surface area (Å²) >= 11 is 0. The zero-order valence-corrected chi connectivity index (χ0v) is 31.2. The van der Waals surface area contributed by atoms with Gasteiger partial charge in [0.1, 0.15) is 11.5 Å². The van der Waals surface area contributed by atoms with Gasteiger partial charge in [0.2, 0.25) is 6.29 Å². The fourth-order valence-electron chi connectivity index (χ4n) is 8.93. The third kappa shape index (κ3) is 8.68. The van der Waals surface area contributed by atoms with Crippen LogP contribution in [0, 0.1) is 35.5 Å². The summed E-state index contributed by atoms with van der Waals surface area (Å²) in [7, 11) is 0. The molecule has 0 spiro atoms. The first-order valence-electron chi connectivity index (χ1n) is 19.4. The number of aromatic hydroxyl groups is 1. The molecule has 4 aliphatic rings. The second kappa shape index (κ2) is 16.8. The number of benzene rings is 3. The van der Waals surface area contributed by atoms with Crippen molar-refractivity contribution in [3.8, 4) is 11.5 Å². The van der Waals surface area contributed by atoms with Crippen molar-refractivity contribution in [2.75, 3.05) is 0 Å². The van der Waals surface area contributed by atoms with Crippen molar-refractivity contribution in [1.29, 1.82) is 0 Å². The number of fused-ring (bicyclic) bond motifs is 6. The Bertz CT molecular complexity index is 1390. The fraction of sp³-hybridized carbons (Fsp3) is 0.600. The van der Waals surface area contributed by atoms with Crippen LogP contribution in [0.5, 0.6) is 11.5 Å². The van der Waals surface area contributed by atoms with E-state index in [9.17, 15) is 0 Å². The van der Waals surface area contributed by atoms with Crippen LogP contribution in [0.1, 0.15) is 140 Å². The minimum atomic E-state index is -0.131. The quantitative estimate of drug-likeness (QED) is 0.234. The van der Waals surface area contributed by atoms with E-state index < -0.39 is 0 Å². The van der Waals surface area contributed by atoms with Gasteiger partial charge in [-0.15, -0.1) is 0 Å². The van der Waals surface area contributed by atoms with Crippen LogP contribution in [0.25, 0.3) is 0 Å². The Morgan fingerprint density at radius 2 is 1.33 bits per heavy atom. The summed E-state index contributed by atoms with van der Waals surface area (Å²) in [5.74, 6) is 8.15. The molecule has 262 valence electrons. The molecule has 2 bridgehead atoms. The lowest BCUT2D eigenvalue weighted by Gasteiger charge is -2.35. The summed E-state index contributed by atoms with van der Waals surface area (Å²) in [6, 6.07) is 24.9. The number of phenols is 1. The van der Waals surface area contributed by atoms with Crippen LogP contribution in [-0.2, 0) is 11.2 Å². The molecular weight excluding hydrogens is 588 g/mol. The van der Waals surface area contributed by atoms with Gasteiger partial charge in [0.15, 0.2) is 0 Å². The average molecular weight is 653 g/mol. The van der Waals surface area contributed by atoms with Crippen molar-refractivity contribution in [2.24, 2.45) is 35.5 Å². The van der Waals surface area contributed by atoms with Crippen LogP contribution < -0.4 is 4.74 Å². The van der Waals surface area contributed by atoms with E-state index in [1.807, 2.05) is 12.1 Å². The van der Waals surface area contributed by atoms with Gasteiger partial charge < -0.3 is 14.6 Å². The lowest BCUT2D eigenvalue weighted by Crippen LogP contribution is -2.37. The van der Waals surface area contributed by atoms with Crippen LogP contribution in [0.15, 0.2) is 72.8 Å². The van der Waals surface area contributed by atoms with Crippen molar-refractivity contribution >= 4 is 0 Å². The normalized spacial score (nSPS) is 28.4. The minimum absolute atomic E-state index is 0.131. The highest BCUT2D eigenvalue weighted by Gasteiger charge is 2.54. The summed E-state index contributed by atoms with van der Waals surface area (Å²) in [6.45, 7) is 18.0. The molecule has 3 aromatic carbocycles. The van der Waals surface area contributed by atoms with Gasteiger partial charge in [0, 0.05) is 5.92 Å². The summed E-state index contributed by atoms with van der Waals surface area (Å²) < 4.78 is 12.9. The number of ether oxygens (including phenoxy) is 2. The van der Waals surface area contributed by atoms with E-state index in [0.29, 0.717) is 29.6 Å². The number of phenolic OH excluding ortho intramolecular Hbond substituents is 1. The van der Waals surface area contributed by atoms with Crippen LogP contribution in [0.3, 0.4) is 0 Å². The van der Waals surface area contributed by atoms with Gasteiger partial charge in [-0.3, -0.25) is 0 Å². The van der Waals surface area contributed by atoms with Crippen molar-refractivity contribution in [2.45, 2.75) is 137 Å². The lowest BCUT2D eigenvalue weighted by molar-refractivity contribution is -0.162. The van der Waals surface area contributed by atoms with E-state index >= 15 is 0 Å². The molecule has 10 unspecified atom stereocenters. The Balaban J connectivity index is 0.000000168. The molecule has 3 aromatic rings. The Morgan fingerprint density at radius 3 is 1.94 bits per heavy atom. The van der Waals surface area contributed by atoms with Crippen LogP contribution in [0.4, 0.5) is 0 Å². The number of hydrogen-bond acceptors (Lipinski definition) is 3. The largest absolute Gasteiger partial charge is 0.508 e. The molecule has 0 aliphatic heterocycles. The molecular formula is C45H64O3. The van der Waals surface area contributed by atoms with Crippen LogP contribution >= 0.6 is 0 Å². The lowest BCUT2D eigenvalue weighted by atomic mass is 9.80. The summed E-state index contributed by atoms with van der Waals surface area (Å²) in [6.07, 6.45) is 10.9. The van der Waals surface area contributed by atoms with Crippen molar-refractivity contribution < 1.29 is 14.6 Å². The smallest absolute Gasteiger partial charge is 0.202 e. The Kier molecular flexibility index (Phi) is 12.7. The highest BCUT2D eigenvalue weighted by Crippen LogP contribution is 2.59. The van der Waals surface area contributed by atoms with Gasteiger partial charge >= 0.3 is 0 Å². The van der Waals surface area contributed by atoms with E-state index in [1.54, 1.807) is 23.3 Å². The Hall–Kier alpha value is -2.78. The predicted octanol–water partition coefficient (Wildman–Crippen LogP) is 12.3. The maximum Gasteiger partial charge on any atom is 0.202 e. The zero-order chi connectivity index (χ0) is 34.4. The molecule has 7 rings (SSSR count). The molecule has 0 aromatic heterocycles. The minimum Gasteiger partial charge on any atom is -0.508 e. The number of hydrogen-bond donors (Lipinski definition) is 1.